The number of aromatic hydroxyl groups is 1. The zero-order valence-corrected chi connectivity index (χ0v) is 45.2. The van der Waals surface area contributed by atoms with Crippen LogP contribution in [0.5, 0.6) is 11.5 Å². The molecule has 5 aliphatic heterocycles. The quantitative estimate of drug-likeness (QED) is 0.0722. The van der Waals surface area contributed by atoms with Crippen molar-refractivity contribution in [3.63, 3.8) is 0 Å². The minimum absolute atomic E-state index is 0.0466. The smallest absolute Gasteiger partial charge is 0.294 e. The molecular weight excluding hydrogens is 1000 g/mol. The SMILES string of the molecule is Cc1ncccc1-c1ccc([C@H](CO)NC(=O)[C@@H]2CCCN2C(=O)[C@H](C(C)C)n2cc(-c3ccc(COc4c5c(cc(C6CC6)c4-c4cc(O)ccc4F)C(N4C[C@@H]6C[C@H]4CN6)N(C)C(OC4CCOCC4)=N5)cc3)nn2)cc1. The van der Waals surface area contributed by atoms with Gasteiger partial charge in [-0.15, -0.1) is 5.10 Å². The van der Waals surface area contributed by atoms with Gasteiger partial charge in [-0.2, -0.15) is 4.99 Å². The molecule has 1 unspecified atom stereocenters. The summed E-state index contributed by atoms with van der Waals surface area (Å²) in [4.78, 5) is 44.6. The summed E-state index contributed by atoms with van der Waals surface area (Å²) in [7, 11) is 2.05. The maximum absolute atomic E-state index is 16.3. The van der Waals surface area contributed by atoms with Gasteiger partial charge in [-0.3, -0.25) is 19.5 Å². The van der Waals surface area contributed by atoms with Crippen LogP contribution in [0.2, 0.25) is 0 Å². The van der Waals surface area contributed by atoms with Crippen LogP contribution >= 0.6 is 0 Å². The van der Waals surface area contributed by atoms with Gasteiger partial charge in [-0.05, 0) is 103 Å². The van der Waals surface area contributed by atoms with Crippen molar-refractivity contribution in [3.05, 3.63) is 131 Å². The molecule has 79 heavy (non-hydrogen) atoms. The minimum Gasteiger partial charge on any atom is -0.508 e. The van der Waals surface area contributed by atoms with E-state index in [4.69, 9.17) is 19.2 Å². The number of nitrogens with zero attached hydrogens (tertiary/aromatic N) is 8. The Hall–Kier alpha value is -7.25. The Kier molecular flexibility index (Phi) is 14.7. The molecule has 18 heteroatoms. The number of hydrogen-bond acceptors (Lipinski definition) is 14. The summed E-state index contributed by atoms with van der Waals surface area (Å²) in [6.45, 7) is 9.08. The van der Waals surface area contributed by atoms with Gasteiger partial charge in [0, 0.05) is 91.3 Å². The first-order valence-electron chi connectivity index (χ1n) is 28.0. The Balaban J connectivity index is 0.794. The van der Waals surface area contributed by atoms with Gasteiger partial charge in [-0.25, -0.2) is 9.07 Å². The first-order valence-corrected chi connectivity index (χ1v) is 28.0. The van der Waals surface area contributed by atoms with E-state index in [0.29, 0.717) is 73.4 Å². The molecule has 17 nitrogen and oxygen atoms in total. The van der Waals surface area contributed by atoms with Crippen LogP contribution in [-0.2, 0) is 25.7 Å². The molecular formula is C61H69FN10O7. The summed E-state index contributed by atoms with van der Waals surface area (Å²) in [6.07, 6.45) is 8.85. The van der Waals surface area contributed by atoms with Crippen LogP contribution in [0.25, 0.3) is 33.5 Å². The molecule has 0 radical (unpaired) electrons. The summed E-state index contributed by atoms with van der Waals surface area (Å²) in [6, 6.07) is 24.9. The van der Waals surface area contributed by atoms with Gasteiger partial charge in [0.05, 0.1) is 32.1 Å². The standard InChI is InChI=1S/C61H69FN10O7/c1-35(2)56(60(76)70-24-6-8-53(70)58(75)65-52(33-73)41-17-15-38(16-18-41)46-7-5-23-63-36(46)3)72-32-51(67-68-72)40-11-9-37(10-12-40)34-78-57-54(48-28-44(74)19-20-50(48)62)47(39-13-14-39)29-49-55(57)66-61(79-45-21-25-77-26-22-45)69(4)59(49)71-31-42-27-43(71)30-64-42/h5,7,9-12,15-20,23,28-29,32,35,39,42-43,45,52-53,56,59,64,73-74H,6,8,13-14,21-22,24-27,30-31,33-34H2,1-4H3,(H,65,75)/t42-,43-,52-,53-,56-,59?/m0/s1. The number of nitrogens with one attached hydrogen (secondary N) is 2. The van der Waals surface area contributed by atoms with Crippen LogP contribution in [0.4, 0.5) is 10.1 Å². The number of fused-ring (bicyclic) bond motifs is 3. The molecule has 6 aromatic rings. The number of piperazine rings is 1. The molecule has 1 aliphatic carbocycles. The number of aliphatic hydroxyl groups excluding tert-OH is 1. The van der Waals surface area contributed by atoms with E-state index >= 15 is 4.39 Å². The van der Waals surface area contributed by atoms with E-state index in [0.717, 1.165) is 89.8 Å². The number of rotatable bonds is 16. The number of phenolic OH excluding ortho intramolecular Hbond substituents is 1. The first-order chi connectivity index (χ1) is 38.4. The first kappa shape index (κ1) is 52.4. The number of halogens is 1. The summed E-state index contributed by atoms with van der Waals surface area (Å²) in [5.41, 5.74) is 9.25. The highest BCUT2D eigenvalue weighted by Crippen LogP contribution is 2.56. The van der Waals surface area contributed by atoms with Gasteiger partial charge in [0.1, 0.15) is 53.9 Å². The number of hydrogen-bond donors (Lipinski definition) is 4. The number of aryl methyl sites for hydroxylation is 1. The van der Waals surface area contributed by atoms with Crippen LogP contribution in [0, 0.1) is 18.7 Å². The van der Waals surface area contributed by atoms with Crippen molar-refractivity contribution in [2.45, 2.75) is 121 Å². The van der Waals surface area contributed by atoms with Gasteiger partial charge in [0.2, 0.25) is 11.8 Å². The number of aliphatic imine (C=N–C) groups is 1. The van der Waals surface area contributed by atoms with Gasteiger partial charge in [0.25, 0.3) is 6.02 Å². The monoisotopic (exact) mass is 1070 g/mol. The van der Waals surface area contributed by atoms with Crippen LogP contribution in [-0.4, -0.2) is 133 Å². The van der Waals surface area contributed by atoms with E-state index in [1.54, 1.807) is 22.0 Å². The van der Waals surface area contributed by atoms with E-state index in [2.05, 4.69) is 48.8 Å². The maximum Gasteiger partial charge on any atom is 0.294 e. The number of aromatic nitrogens is 4. The second-order valence-corrected chi connectivity index (χ2v) is 22.5. The molecule has 2 amide bonds. The van der Waals surface area contributed by atoms with Crippen molar-refractivity contribution in [2.24, 2.45) is 10.9 Å². The third-order valence-electron chi connectivity index (χ3n) is 16.8. The maximum atomic E-state index is 16.3. The van der Waals surface area contributed by atoms with E-state index in [9.17, 15) is 19.8 Å². The highest BCUT2D eigenvalue weighted by atomic mass is 19.1. The van der Waals surface area contributed by atoms with E-state index in [1.807, 2.05) is 81.4 Å². The van der Waals surface area contributed by atoms with Crippen LogP contribution in [0.15, 0.2) is 102 Å². The average Bonchev–Trinajstić information content (AvgIpc) is 3.89. The molecule has 412 valence electrons. The van der Waals surface area contributed by atoms with Crippen molar-refractivity contribution in [1.29, 1.82) is 0 Å². The number of ether oxygens (including phenoxy) is 3. The molecule has 7 heterocycles. The number of likely N-dealkylation sites (tertiary alicyclic amines) is 2. The molecule has 6 aliphatic rings. The summed E-state index contributed by atoms with van der Waals surface area (Å²) < 4.78 is 37.4. The lowest BCUT2D eigenvalue weighted by Crippen LogP contribution is -2.52. The molecule has 2 bridgehead atoms. The number of carbonyl (C=O) groups excluding carboxylic acids is 2. The molecule has 1 saturated carbocycles. The second kappa shape index (κ2) is 22.1. The number of benzene rings is 4. The number of phenols is 1. The fourth-order valence-corrected chi connectivity index (χ4v) is 12.5. The predicted molar refractivity (Wildman–Crippen MR) is 296 cm³/mol. The lowest BCUT2D eigenvalue weighted by molar-refractivity contribution is -0.142. The van der Waals surface area contributed by atoms with E-state index in [-0.39, 0.29) is 60.4 Å². The molecule has 5 fully saturated rings. The minimum atomic E-state index is -0.732. The molecule has 12 rings (SSSR count). The topological polar surface area (TPSA) is 192 Å². The molecule has 4 saturated heterocycles. The highest BCUT2D eigenvalue weighted by molar-refractivity contribution is 5.91. The number of amidine groups is 1. The third-order valence-corrected chi connectivity index (χ3v) is 16.8. The number of carbonyl (C=O) groups is 2. The molecule has 2 aromatic heterocycles. The number of pyridine rings is 1. The Morgan fingerprint density at radius 3 is 2.44 bits per heavy atom. The largest absolute Gasteiger partial charge is 0.508 e. The van der Waals surface area contributed by atoms with Crippen LogP contribution in [0.3, 0.4) is 0 Å². The Morgan fingerprint density at radius 2 is 1.73 bits per heavy atom. The summed E-state index contributed by atoms with van der Waals surface area (Å²) in [5, 5.41) is 37.0. The second-order valence-electron chi connectivity index (χ2n) is 22.5. The third kappa shape index (κ3) is 10.5. The average molecular weight is 1070 g/mol. The fraction of sp³-hybridized carbons (Fsp3) is 0.443. The van der Waals surface area contributed by atoms with Crippen molar-refractivity contribution in [1.82, 2.24) is 45.3 Å². The Labute approximate surface area is 459 Å². The van der Waals surface area contributed by atoms with E-state index in [1.165, 1.54) is 18.2 Å². The molecule has 4 aromatic carbocycles. The van der Waals surface area contributed by atoms with Crippen molar-refractivity contribution in [3.8, 4) is 45.0 Å². The van der Waals surface area contributed by atoms with Crippen molar-refractivity contribution < 1.29 is 38.4 Å². The Morgan fingerprint density at radius 1 is 0.949 bits per heavy atom. The fourth-order valence-electron chi connectivity index (χ4n) is 12.5. The zero-order chi connectivity index (χ0) is 54.5. The summed E-state index contributed by atoms with van der Waals surface area (Å²) in [5.74, 6) is -0.607. The normalized spacial score (nSPS) is 22.0. The molecule has 4 N–H and O–H groups in total. The molecule has 0 spiro atoms. The van der Waals surface area contributed by atoms with Gasteiger partial charge in [-0.1, -0.05) is 73.7 Å². The van der Waals surface area contributed by atoms with E-state index < -0.39 is 23.9 Å². The predicted octanol–water partition coefficient (Wildman–Crippen LogP) is 8.49. The van der Waals surface area contributed by atoms with Crippen molar-refractivity contribution >= 4 is 23.5 Å². The van der Waals surface area contributed by atoms with Crippen LogP contribution in [0.1, 0.15) is 111 Å². The lowest BCUT2D eigenvalue weighted by Gasteiger charge is -2.44. The van der Waals surface area contributed by atoms with Gasteiger partial charge >= 0.3 is 0 Å². The molecule has 6 atom stereocenters. The highest BCUT2D eigenvalue weighted by Gasteiger charge is 2.48. The number of aliphatic hydroxyl groups is 1. The van der Waals surface area contributed by atoms with Crippen molar-refractivity contribution in [2.75, 3.05) is 46.5 Å². The number of amides is 2. The van der Waals surface area contributed by atoms with Gasteiger partial charge in [0.15, 0.2) is 5.75 Å². The van der Waals surface area contributed by atoms with Gasteiger partial charge < -0.3 is 44.9 Å². The lowest BCUT2D eigenvalue weighted by atomic mass is 9.89. The van der Waals surface area contributed by atoms with Crippen LogP contribution < -0.4 is 15.4 Å². The summed E-state index contributed by atoms with van der Waals surface area (Å²) >= 11 is 0. The zero-order valence-electron chi connectivity index (χ0n) is 45.2. The Bertz CT molecular complexity index is 3250.